The van der Waals surface area contributed by atoms with E-state index in [4.69, 9.17) is 4.42 Å². The molecule has 6 rings (SSSR count). The predicted octanol–water partition coefficient (Wildman–Crippen LogP) is 6.41. The van der Waals surface area contributed by atoms with Gasteiger partial charge in [-0.2, -0.15) is 0 Å². The number of aromatic nitrogens is 2. The second-order valence-electron chi connectivity index (χ2n) is 8.90. The molecule has 1 aliphatic rings. The molecule has 0 radical (unpaired) electrons. The number of anilines is 1. The largest absolute Gasteiger partial charge is 0.503 e. The average Bonchev–Trinajstić information content (AvgIpc) is 3.69. The van der Waals surface area contributed by atoms with Crippen molar-refractivity contribution < 1.29 is 28.4 Å². The number of rotatable bonds is 8. The van der Waals surface area contributed by atoms with E-state index in [9.17, 15) is 29.2 Å². The molecule has 0 fully saturated rings. The lowest BCUT2D eigenvalue weighted by atomic mass is 9.95. The Hall–Kier alpha value is -4.88. The minimum Gasteiger partial charge on any atom is -0.503 e. The number of carbonyl (C=O) groups excluding carboxylic acids is 2. The Morgan fingerprint density at radius 3 is 2.56 bits per heavy atom. The number of nitrogens with zero attached hydrogens (tertiary/aromatic N) is 4. The van der Waals surface area contributed by atoms with E-state index < -0.39 is 28.4 Å². The van der Waals surface area contributed by atoms with Crippen molar-refractivity contribution in [2.75, 3.05) is 4.90 Å². The Labute approximate surface area is 238 Å². The number of para-hydroxylation sites is 1. The first-order valence-corrected chi connectivity index (χ1v) is 13.9. The fraction of sp³-hybridized carbons (Fsp3) is 0.0714. The first-order valence-electron chi connectivity index (χ1n) is 12.1. The van der Waals surface area contributed by atoms with Gasteiger partial charge < -0.3 is 9.52 Å². The van der Waals surface area contributed by atoms with E-state index in [0.717, 1.165) is 16.2 Å². The van der Waals surface area contributed by atoms with E-state index in [-0.39, 0.29) is 33.7 Å². The second kappa shape index (κ2) is 10.6. The number of fused-ring (bicyclic) bond motifs is 1. The fourth-order valence-corrected chi connectivity index (χ4v) is 6.32. The monoisotopic (exact) mass is 588 g/mol. The Bertz CT molecular complexity index is 1830. The van der Waals surface area contributed by atoms with Gasteiger partial charge in [0.15, 0.2) is 15.9 Å². The molecule has 2 aromatic heterocycles. The van der Waals surface area contributed by atoms with Gasteiger partial charge in [0.25, 0.3) is 11.6 Å². The lowest BCUT2D eigenvalue weighted by Crippen LogP contribution is -2.31. The quantitative estimate of drug-likeness (QED) is 0.0716. The van der Waals surface area contributed by atoms with Crippen LogP contribution in [-0.4, -0.2) is 31.9 Å². The third-order valence-corrected chi connectivity index (χ3v) is 8.54. The van der Waals surface area contributed by atoms with Crippen LogP contribution < -0.4 is 4.90 Å². The van der Waals surface area contributed by atoms with Gasteiger partial charge in [-0.05, 0) is 41.5 Å². The number of hydrogen-bond donors (Lipinski definition) is 1. The van der Waals surface area contributed by atoms with Crippen LogP contribution in [0.4, 0.5) is 15.2 Å². The fourth-order valence-electron chi connectivity index (χ4n) is 4.47. The predicted molar refractivity (Wildman–Crippen MR) is 149 cm³/mol. The van der Waals surface area contributed by atoms with Gasteiger partial charge >= 0.3 is 0 Å². The Morgan fingerprint density at radius 1 is 1.10 bits per heavy atom. The highest BCUT2D eigenvalue weighted by Gasteiger charge is 2.47. The van der Waals surface area contributed by atoms with Crippen molar-refractivity contribution in [1.82, 2.24) is 10.2 Å². The number of aliphatic hydroxyl groups excluding tert-OH is 1. The summed E-state index contributed by atoms with van der Waals surface area (Å²) in [5.41, 5.74) is 0.783. The van der Waals surface area contributed by atoms with Crippen LogP contribution in [0.25, 0.3) is 11.0 Å². The number of thioether (sulfide) groups is 1. The number of amides is 1. The number of nitro benzene ring substituents is 1. The van der Waals surface area contributed by atoms with Crippen molar-refractivity contribution in [3.63, 3.8) is 0 Å². The van der Waals surface area contributed by atoms with E-state index in [1.165, 1.54) is 48.2 Å². The van der Waals surface area contributed by atoms with Gasteiger partial charge in [-0.1, -0.05) is 59.5 Å². The molecule has 0 saturated heterocycles. The molecule has 3 heterocycles. The molecule has 204 valence electrons. The summed E-state index contributed by atoms with van der Waals surface area (Å²) < 4.78 is 20.2. The van der Waals surface area contributed by atoms with Crippen LogP contribution in [0.1, 0.15) is 27.7 Å². The minimum absolute atomic E-state index is 0.0772. The standard InChI is InChI=1S/C28H17FN4O6S2/c29-19-7-3-1-6-17(19)14-40-28-31-30-27(41-28)32-23(15-9-11-18(12-10-15)33(37)38)22(25(35)26(32)36)24(34)21-13-16-5-2-4-8-20(16)39-21/h1-13,23,35H,14H2. The van der Waals surface area contributed by atoms with E-state index in [2.05, 4.69) is 10.2 Å². The van der Waals surface area contributed by atoms with Crippen molar-refractivity contribution in [3.05, 3.63) is 123 Å². The average molecular weight is 589 g/mol. The highest BCUT2D eigenvalue weighted by atomic mass is 32.2. The highest BCUT2D eigenvalue weighted by Crippen LogP contribution is 2.44. The van der Waals surface area contributed by atoms with Crippen LogP contribution in [0.2, 0.25) is 0 Å². The molecule has 41 heavy (non-hydrogen) atoms. The summed E-state index contributed by atoms with van der Waals surface area (Å²) in [6.07, 6.45) is 0. The number of aliphatic hydroxyl groups is 1. The van der Waals surface area contributed by atoms with E-state index >= 15 is 0 Å². The van der Waals surface area contributed by atoms with Gasteiger partial charge in [0.2, 0.25) is 10.9 Å². The van der Waals surface area contributed by atoms with Crippen LogP contribution in [0, 0.1) is 15.9 Å². The minimum atomic E-state index is -1.18. The third kappa shape index (κ3) is 4.85. The lowest BCUT2D eigenvalue weighted by Gasteiger charge is -2.23. The Kier molecular flexibility index (Phi) is 6.81. The summed E-state index contributed by atoms with van der Waals surface area (Å²) in [5.74, 6) is -2.60. The zero-order valence-corrected chi connectivity index (χ0v) is 22.4. The molecule has 1 amide bonds. The molecular weight excluding hydrogens is 571 g/mol. The molecule has 10 nitrogen and oxygen atoms in total. The topological polar surface area (TPSA) is 140 Å². The maximum atomic E-state index is 14.1. The molecule has 0 spiro atoms. The molecule has 0 saturated carbocycles. The van der Waals surface area contributed by atoms with Crippen molar-refractivity contribution >= 4 is 56.6 Å². The SMILES string of the molecule is O=C(C1=C(O)C(=O)N(c2nnc(SCc3ccccc3F)s2)C1c1ccc([N+](=O)[O-])cc1)c1cc2ccccc2o1. The van der Waals surface area contributed by atoms with Gasteiger partial charge in [0.05, 0.1) is 16.5 Å². The summed E-state index contributed by atoms with van der Waals surface area (Å²) in [6.45, 7) is 0. The van der Waals surface area contributed by atoms with E-state index in [1.807, 2.05) is 0 Å². The van der Waals surface area contributed by atoms with Gasteiger partial charge in [-0.3, -0.25) is 24.6 Å². The zero-order valence-electron chi connectivity index (χ0n) is 20.8. The summed E-state index contributed by atoms with van der Waals surface area (Å²) >= 11 is 2.24. The van der Waals surface area contributed by atoms with Crippen molar-refractivity contribution in [2.45, 2.75) is 16.1 Å². The molecule has 3 aromatic carbocycles. The normalized spacial score (nSPS) is 15.2. The summed E-state index contributed by atoms with van der Waals surface area (Å²) in [7, 11) is 0. The van der Waals surface area contributed by atoms with E-state index in [1.54, 1.807) is 42.5 Å². The Balaban J connectivity index is 1.38. The molecule has 1 aliphatic heterocycles. The van der Waals surface area contributed by atoms with Crippen LogP contribution in [-0.2, 0) is 10.5 Å². The smallest absolute Gasteiger partial charge is 0.296 e. The third-order valence-electron chi connectivity index (χ3n) is 6.43. The molecule has 0 aliphatic carbocycles. The number of ketones is 1. The van der Waals surface area contributed by atoms with E-state index in [0.29, 0.717) is 26.4 Å². The number of halogens is 1. The van der Waals surface area contributed by atoms with Crippen molar-refractivity contribution in [2.24, 2.45) is 0 Å². The summed E-state index contributed by atoms with van der Waals surface area (Å²) in [6, 6.07) is 18.9. The number of Topliss-reactive ketones (excluding diaryl/α,β-unsaturated/α-hetero) is 1. The highest BCUT2D eigenvalue weighted by molar-refractivity contribution is 8.00. The molecule has 5 aromatic rings. The van der Waals surface area contributed by atoms with Crippen LogP contribution in [0.15, 0.2) is 99.0 Å². The van der Waals surface area contributed by atoms with Gasteiger partial charge in [-0.25, -0.2) is 4.39 Å². The van der Waals surface area contributed by atoms with Crippen molar-refractivity contribution in [1.29, 1.82) is 0 Å². The van der Waals surface area contributed by atoms with Crippen LogP contribution in [0.5, 0.6) is 0 Å². The summed E-state index contributed by atoms with van der Waals surface area (Å²) in [4.78, 5) is 38.9. The van der Waals surface area contributed by atoms with Gasteiger partial charge in [-0.15, -0.1) is 10.2 Å². The van der Waals surface area contributed by atoms with Crippen molar-refractivity contribution in [3.8, 4) is 0 Å². The number of carbonyl (C=O) groups is 2. The second-order valence-corrected chi connectivity index (χ2v) is 11.1. The van der Waals surface area contributed by atoms with Gasteiger partial charge in [0, 0.05) is 23.3 Å². The number of nitro groups is 1. The number of hydrogen-bond acceptors (Lipinski definition) is 10. The molecule has 1 unspecified atom stereocenters. The van der Waals surface area contributed by atoms with Crippen LogP contribution >= 0.6 is 23.1 Å². The maximum Gasteiger partial charge on any atom is 0.296 e. The van der Waals surface area contributed by atoms with Crippen LogP contribution in [0.3, 0.4) is 0 Å². The molecular formula is C28H17FN4O6S2. The first-order chi connectivity index (χ1) is 19.8. The molecule has 1 N–H and O–H groups in total. The lowest BCUT2D eigenvalue weighted by molar-refractivity contribution is -0.384. The Morgan fingerprint density at radius 2 is 1.83 bits per heavy atom. The number of furan rings is 1. The maximum absolute atomic E-state index is 14.1. The first kappa shape index (κ1) is 26.3. The molecule has 1 atom stereocenters. The van der Waals surface area contributed by atoms with Gasteiger partial charge in [0.1, 0.15) is 11.4 Å². The number of non-ortho nitro benzene ring substituents is 1. The number of benzene rings is 3. The summed E-state index contributed by atoms with van der Waals surface area (Å²) in [5, 5.41) is 31.2. The molecule has 13 heteroatoms. The zero-order chi connectivity index (χ0) is 28.7. The molecule has 0 bridgehead atoms.